The first kappa shape index (κ1) is 10.9. The molecule has 1 amide bonds. The summed E-state index contributed by atoms with van der Waals surface area (Å²) >= 11 is 1.37. The van der Waals surface area contributed by atoms with Crippen LogP contribution in [0.15, 0.2) is 18.2 Å². The van der Waals surface area contributed by atoms with Crippen molar-refractivity contribution < 1.29 is 4.79 Å². The number of benzene rings is 1. The number of thiazole rings is 1. The van der Waals surface area contributed by atoms with Crippen LogP contribution in [0.4, 0.5) is 5.69 Å². The molecule has 1 aromatic carbocycles. The number of nitrogens with zero attached hydrogens (tertiary/aromatic N) is 2. The SMILES string of the molecule is Cc1nc(-c2cccc3c2CC(=O)N3)sc1C#N. The molecule has 1 aliphatic rings. The molecule has 2 heterocycles. The molecule has 2 aromatic rings. The summed E-state index contributed by atoms with van der Waals surface area (Å²) in [4.78, 5) is 16.5. The molecule has 4 nitrogen and oxygen atoms in total. The normalized spacial score (nSPS) is 13.0. The van der Waals surface area contributed by atoms with Crippen molar-refractivity contribution in [2.75, 3.05) is 5.32 Å². The molecule has 0 bridgehead atoms. The van der Waals surface area contributed by atoms with Crippen LogP contribution in [0.25, 0.3) is 10.6 Å². The predicted octanol–water partition coefficient (Wildman–Crippen LogP) is 2.48. The lowest BCUT2D eigenvalue weighted by Crippen LogP contribution is -2.03. The van der Waals surface area contributed by atoms with Crippen LogP contribution >= 0.6 is 11.3 Å². The van der Waals surface area contributed by atoms with Crippen molar-refractivity contribution in [3.05, 3.63) is 34.3 Å². The van der Waals surface area contributed by atoms with Gasteiger partial charge in [-0.3, -0.25) is 4.79 Å². The average molecular weight is 255 g/mol. The fraction of sp³-hybridized carbons (Fsp3) is 0.154. The Labute approximate surface area is 108 Å². The van der Waals surface area contributed by atoms with Gasteiger partial charge in [0.05, 0.1) is 12.1 Å². The highest BCUT2D eigenvalue weighted by molar-refractivity contribution is 7.15. The molecular weight excluding hydrogens is 246 g/mol. The lowest BCUT2D eigenvalue weighted by molar-refractivity contribution is -0.115. The maximum Gasteiger partial charge on any atom is 0.228 e. The Hall–Kier alpha value is -2.19. The van der Waals surface area contributed by atoms with Gasteiger partial charge in [0.1, 0.15) is 16.0 Å². The Kier molecular flexibility index (Phi) is 2.39. The van der Waals surface area contributed by atoms with Crippen LogP contribution in [-0.2, 0) is 11.2 Å². The van der Waals surface area contributed by atoms with E-state index in [0.717, 1.165) is 27.5 Å². The molecule has 0 fully saturated rings. The second-order valence-electron chi connectivity index (χ2n) is 4.10. The van der Waals surface area contributed by atoms with Gasteiger partial charge >= 0.3 is 0 Å². The fourth-order valence-electron chi connectivity index (χ4n) is 2.07. The highest BCUT2D eigenvalue weighted by Crippen LogP contribution is 2.35. The highest BCUT2D eigenvalue weighted by atomic mass is 32.1. The lowest BCUT2D eigenvalue weighted by atomic mass is 10.1. The van der Waals surface area contributed by atoms with Gasteiger partial charge in [-0.2, -0.15) is 5.26 Å². The van der Waals surface area contributed by atoms with Gasteiger partial charge in [0, 0.05) is 11.3 Å². The fourth-order valence-corrected chi connectivity index (χ4v) is 2.98. The molecule has 0 spiro atoms. The van der Waals surface area contributed by atoms with Crippen molar-refractivity contribution in [2.45, 2.75) is 13.3 Å². The number of fused-ring (bicyclic) bond motifs is 1. The Morgan fingerprint density at radius 2 is 2.33 bits per heavy atom. The minimum atomic E-state index is 0.00577. The number of carbonyl (C=O) groups excluding carboxylic acids is 1. The standard InChI is InChI=1S/C13H9N3OS/c1-7-11(6-14)18-13(15-7)8-3-2-4-10-9(8)5-12(17)16-10/h2-4H,5H2,1H3,(H,16,17). The summed E-state index contributed by atoms with van der Waals surface area (Å²) in [6.07, 6.45) is 0.381. The van der Waals surface area contributed by atoms with E-state index in [1.807, 2.05) is 25.1 Å². The number of rotatable bonds is 1. The van der Waals surface area contributed by atoms with E-state index >= 15 is 0 Å². The number of carbonyl (C=O) groups is 1. The second kappa shape index (κ2) is 3.93. The summed E-state index contributed by atoms with van der Waals surface area (Å²) in [6.45, 7) is 1.82. The number of aromatic nitrogens is 1. The smallest absolute Gasteiger partial charge is 0.228 e. The van der Waals surface area contributed by atoms with Crippen LogP contribution in [-0.4, -0.2) is 10.9 Å². The van der Waals surface area contributed by atoms with Crippen molar-refractivity contribution in [1.82, 2.24) is 4.98 Å². The third-order valence-electron chi connectivity index (χ3n) is 2.92. The maximum atomic E-state index is 11.4. The van der Waals surface area contributed by atoms with Gasteiger partial charge in [-0.05, 0) is 18.6 Å². The predicted molar refractivity (Wildman–Crippen MR) is 69.3 cm³/mol. The number of anilines is 1. The Morgan fingerprint density at radius 3 is 3.06 bits per heavy atom. The molecule has 1 N–H and O–H groups in total. The topological polar surface area (TPSA) is 65.8 Å². The number of amides is 1. The van der Waals surface area contributed by atoms with Gasteiger partial charge in [0.25, 0.3) is 0 Å². The molecule has 0 saturated heterocycles. The minimum Gasteiger partial charge on any atom is -0.326 e. The average Bonchev–Trinajstić information content (AvgIpc) is 2.90. The lowest BCUT2D eigenvalue weighted by Gasteiger charge is -2.03. The molecule has 0 radical (unpaired) electrons. The largest absolute Gasteiger partial charge is 0.326 e. The molecule has 1 aromatic heterocycles. The third-order valence-corrected chi connectivity index (χ3v) is 4.01. The molecule has 18 heavy (non-hydrogen) atoms. The van der Waals surface area contributed by atoms with E-state index in [0.29, 0.717) is 11.3 Å². The van der Waals surface area contributed by atoms with Crippen LogP contribution in [0.1, 0.15) is 16.1 Å². The van der Waals surface area contributed by atoms with Gasteiger partial charge < -0.3 is 5.32 Å². The molecule has 1 aliphatic heterocycles. The molecular formula is C13H9N3OS. The zero-order valence-corrected chi connectivity index (χ0v) is 10.5. The Bertz CT molecular complexity index is 697. The van der Waals surface area contributed by atoms with Crippen molar-refractivity contribution in [2.24, 2.45) is 0 Å². The summed E-state index contributed by atoms with van der Waals surface area (Å²) in [7, 11) is 0. The maximum absolute atomic E-state index is 11.4. The summed E-state index contributed by atoms with van der Waals surface area (Å²) < 4.78 is 0. The van der Waals surface area contributed by atoms with Gasteiger partial charge in [-0.1, -0.05) is 12.1 Å². The molecule has 0 aliphatic carbocycles. The minimum absolute atomic E-state index is 0.00577. The molecule has 0 saturated carbocycles. The van der Waals surface area contributed by atoms with Crippen molar-refractivity contribution in [1.29, 1.82) is 5.26 Å². The van der Waals surface area contributed by atoms with Crippen LogP contribution < -0.4 is 5.32 Å². The highest BCUT2D eigenvalue weighted by Gasteiger charge is 2.22. The molecule has 3 rings (SSSR count). The van der Waals surface area contributed by atoms with E-state index in [1.165, 1.54) is 11.3 Å². The van der Waals surface area contributed by atoms with E-state index in [-0.39, 0.29) is 5.91 Å². The Morgan fingerprint density at radius 1 is 1.50 bits per heavy atom. The third kappa shape index (κ3) is 1.59. The summed E-state index contributed by atoms with van der Waals surface area (Å²) in [5.41, 5.74) is 3.51. The first-order chi connectivity index (χ1) is 8.69. The molecule has 5 heteroatoms. The van der Waals surface area contributed by atoms with Crippen LogP contribution in [0.2, 0.25) is 0 Å². The van der Waals surface area contributed by atoms with Crippen molar-refractivity contribution in [3.8, 4) is 16.6 Å². The molecule has 88 valence electrons. The van der Waals surface area contributed by atoms with E-state index in [9.17, 15) is 4.79 Å². The Balaban J connectivity index is 2.16. The zero-order valence-electron chi connectivity index (χ0n) is 9.65. The number of aryl methyl sites for hydroxylation is 1. The van der Waals surface area contributed by atoms with Gasteiger partial charge in [-0.25, -0.2) is 4.98 Å². The van der Waals surface area contributed by atoms with E-state index < -0.39 is 0 Å². The number of hydrogen-bond acceptors (Lipinski definition) is 4. The summed E-state index contributed by atoms with van der Waals surface area (Å²) in [6, 6.07) is 7.85. The van der Waals surface area contributed by atoms with Crippen LogP contribution in [0.3, 0.4) is 0 Å². The number of nitrogens with one attached hydrogen (secondary N) is 1. The van der Waals surface area contributed by atoms with E-state index in [1.54, 1.807) is 0 Å². The van der Waals surface area contributed by atoms with Crippen LogP contribution in [0, 0.1) is 18.3 Å². The van der Waals surface area contributed by atoms with Gasteiger partial charge in [-0.15, -0.1) is 11.3 Å². The van der Waals surface area contributed by atoms with Gasteiger partial charge in [0.15, 0.2) is 0 Å². The summed E-state index contributed by atoms with van der Waals surface area (Å²) in [5.74, 6) is 0.00577. The molecule has 0 atom stereocenters. The first-order valence-corrected chi connectivity index (χ1v) is 6.30. The van der Waals surface area contributed by atoms with E-state index in [4.69, 9.17) is 5.26 Å². The van der Waals surface area contributed by atoms with Gasteiger partial charge in [0.2, 0.25) is 5.91 Å². The molecule has 0 unspecified atom stereocenters. The van der Waals surface area contributed by atoms with E-state index in [2.05, 4.69) is 16.4 Å². The second-order valence-corrected chi connectivity index (χ2v) is 5.10. The van der Waals surface area contributed by atoms with Crippen molar-refractivity contribution >= 4 is 22.9 Å². The number of nitriles is 1. The monoisotopic (exact) mass is 255 g/mol. The quantitative estimate of drug-likeness (QED) is 0.851. The summed E-state index contributed by atoms with van der Waals surface area (Å²) in [5, 5.41) is 12.6. The zero-order chi connectivity index (χ0) is 12.7. The number of hydrogen-bond donors (Lipinski definition) is 1. The first-order valence-electron chi connectivity index (χ1n) is 5.48. The van der Waals surface area contributed by atoms with Crippen LogP contribution in [0.5, 0.6) is 0 Å². The van der Waals surface area contributed by atoms with Crippen molar-refractivity contribution in [3.63, 3.8) is 0 Å².